The first-order valence-electron chi connectivity index (χ1n) is 45.7. The minimum atomic E-state index is -0.644. The van der Waals surface area contributed by atoms with Crippen LogP contribution in [-0.4, -0.2) is 162 Å². The number of hydrogen-bond acceptors (Lipinski definition) is 38. The number of hydrogen-bond donors (Lipinski definition) is 0. The van der Waals surface area contributed by atoms with E-state index in [-0.39, 0.29) is 150 Å². The summed E-state index contributed by atoms with van der Waals surface area (Å²) in [6.45, 7) is 30.3. The molecule has 0 saturated heterocycles. The van der Waals surface area contributed by atoms with Crippen LogP contribution in [0.15, 0.2) is 157 Å². The number of fused-ring (bicyclic) bond motifs is 2. The maximum Gasteiger partial charge on any atom is 0.330 e. The van der Waals surface area contributed by atoms with E-state index in [9.17, 15) is 87.2 Å². The molecule has 0 amide bonds. The molecule has 4 aliphatic carbocycles. The Hall–Kier alpha value is -13.8. The molecule has 4 fully saturated rings. The van der Waals surface area contributed by atoms with Crippen LogP contribution in [0.5, 0.6) is 34.5 Å². The Kier molecular flexibility index (Phi) is 45.8. The second-order valence-corrected chi connectivity index (χ2v) is 37.3. The summed E-state index contributed by atoms with van der Waals surface area (Å²) in [4.78, 5) is 206. The lowest BCUT2D eigenvalue weighted by molar-refractivity contribution is -0.152. The first-order chi connectivity index (χ1) is 68.0. The number of benzene rings is 4. The van der Waals surface area contributed by atoms with Gasteiger partial charge in [-0.05, 0) is 194 Å². The van der Waals surface area contributed by atoms with Crippen LogP contribution in [-0.2, 0) is 137 Å². The molecule has 0 radical (unpaired) electrons. The van der Waals surface area contributed by atoms with Crippen LogP contribution in [0.2, 0.25) is 0 Å². The molecule has 10 rings (SSSR count). The quantitative estimate of drug-likeness (QED) is 0.00754. The number of esters is 16. The van der Waals surface area contributed by atoms with Gasteiger partial charge in [-0.15, -0.1) is 0 Å². The zero-order chi connectivity index (χ0) is 102. The van der Waals surface area contributed by atoms with Crippen molar-refractivity contribution in [3.63, 3.8) is 0 Å². The summed E-state index contributed by atoms with van der Waals surface area (Å²) in [6.07, 6.45) is 12.6. The van der Waals surface area contributed by atoms with Gasteiger partial charge in [0.1, 0.15) is 60.9 Å². The van der Waals surface area contributed by atoms with E-state index < -0.39 is 119 Å². The first-order valence-corrected chi connectivity index (χ1v) is 49.0. The molecule has 4 saturated carbocycles. The Morgan fingerprint density at radius 1 is 0.326 bits per heavy atom. The fourth-order valence-corrected chi connectivity index (χ4v) is 20.1. The number of nitrogens with zero attached hydrogens (tertiary/aromatic N) is 4. The third kappa shape index (κ3) is 35.8. The average Bonchev–Trinajstić information content (AvgIpc) is 1.64. The van der Waals surface area contributed by atoms with Crippen molar-refractivity contribution < 1.29 is 153 Å². The molecule has 4 aromatic carbocycles. The van der Waals surface area contributed by atoms with E-state index in [0.29, 0.717) is 186 Å². The van der Waals surface area contributed by atoms with E-state index in [1.807, 2.05) is 12.1 Å². The number of carbonyl (C=O) groups is 16. The highest BCUT2D eigenvalue weighted by Crippen LogP contribution is 2.61. The summed E-state index contributed by atoms with van der Waals surface area (Å²) in [5.74, 6) is -10.5. The number of allylic oxidation sites excluding steroid dienone is 2. The molecule has 2 heterocycles. The van der Waals surface area contributed by atoms with Gasteiger partial charge in [0.25, 0.3) is 11.4 Å². The number of ether oxygens (including phenoxy) is 16. The zero-order valence-corrected chi connectivity index (χ0v) is 80.8. The molecule has 141 heavy (non-hydrogen) atoms. The summed E-state index contributed by atoms with van der Waals surface area (Å²) in [6, 6.07) is 21.8. The lowest BCUT2D eigenvalue weighted by Crippen LogP contribution is -2.31. The van der Waals surface area contributed by atoms with Crippen LogP contribution in [0.4, 0.5) is 0 Å². The molecule has 0 bridgehead atoms. The molecule has 746 valence electrons. The molecule has 0 unspecified atom stereocenters. The van der Waals surface area contributed by atoms with Crippen molar-refractivity contribution >= 4 is 143 Å². The van der Waals surface area contributed by atoms with Crippen molar-refractivity contribution in [1.82, 2.24) is 0 Å². The highest BCUT2D eigenvalue weighted by atomic mass is 32.2. The van der Waals surface area contributed by atoms with E-state index in [2.05, 4.69) is 36.0 Å². The van der Waals surface area contributed by atoms with Gasteiger partial charge in [-0.3, -0.25) is 57.5 Å². The van der Waals surface area contributed by atoms with Gasteiger partial charge < -0.3 is 75.8 Å². The topological polar surface area (TPSA) is 477 Å². The highest BCUT2D eigenvalue weighted by Gasteiger charge is 2.41. The molecule has 0 atom stereocenters. The van der Waals surface area contributed by atoms with E-state index >= 15 is 0 Å². The number of carbonyl (C=O) groups excluding carboxylic acids is 16. The van der Waals surface area contributed by atoms with Crippen molar-refractivity contribution in [3.05, 3.63) is 177 Å². The maximum atomic E-state index is 13.8. The number of aryl methyl sites for hydroxylation is 1. The van der Waals surface area contributed by atoms with E-state index in [1.165, 1.54) is 12.1 Å². The molecule has 0 N–H and O–H groups in total. The summed E-state index contributed by atoms with van der Waals surface area (Å²) >= 11 is 4.32. The monoisotopic (exact) mass is 2010 g/mol. The molecular weight excluding hydrogens is 1910 g/mol. The average molecular weight is 2020 g/mol. The lowest BCUT2D eigenvalue weighted by Gasteiger charge is -2.27. The van der Waals surface area contributed by atoms with Crippen molar-refractivity contribution in [2.45, 2.75) is 193 Å². The smallest absolute Gasteiger partial charge is 0.330 e. The Balaban J connectivity index is 0.000000343. The van der Waals surface area contributed by atoms with Crippen LogP contribution >= 0.6 is 47.0 Å². The van der Waals surface area contributed by atoms with E-state index in [0.717, 1.165) is 82.5 Å². The van der Waals surface area contributed by atoms with Gasteiger partial charge in [-0.25, -0.2) is 39.4 Å². The van der Waals surface area contributed by atoms with Crippen LogP contribution in [0, 0.1) is 90.1 Å². The molecule has 40 heteroatoms. The van der Waals surface area contributed by atoms with E-state index in [1.54, 1.807) is 61.5 Å². The van der Waals surface area contributed by atoms with Gasteiger partial charge in [0.05, 0.1) is 166 Å². The van der Waals surface area contributed by atoms with Crippen LogP contribution in [0.25, 0.3) is 9.69 Å². The van der Waals surface area contributed by atoms with Crippen molar-refractivity contribution in [2.24, 2.45) is 47.3 Å². The van der Waals surface area contributed by atoms with Crippen LogP contribution in [0.3, 0.4) is 0 Å². The molecule has 4 aromatic rings. The van der Waals surface area contributed by atoms with Gasteiger partial charge in [0.2, 0.25) is 0 Å². The Morgan fingerprint density at radius 3 is 0.887 bits per heavy atom. The Labute approximate surface area is 830 Å². The van der Waals surface area contributed by atoms with Crippen molar-refractivity contribution in [3.8, 4) is 46.6 Å². The number of unbranched alkanes of at least 4 members (excludes halogenated alkanes) is 2. The van der Waals surface area contributed by atoms with Gasteiger partial charge in [-0.1, -0.05) is 97.6 Å². The second kappa shape index (κ2) is 58.3. The molecule has 6 aliphatic rings. The van der Waals surface area contributed by atoms with E-state index in [4.69, 9.17) is 88.9 Å². The third-order valence-electron chi connectivity index (χ3n) is 23.0. The molecule has 36 nitrogen and oxygen atoms in total. The van der Waals surface area contributed by atoms with Gasteiger partial charge in [0, 0.05) is 37.1 Å². The standard InChI is InChI=1S/C61H62N2O20S2.C40H44N2O12S2/c1-5-48(64)76-31-33-78-52(68)25-23-50(66)74-29-27-38-7-19-44(20-8-38)80-57(70)40-11-15-42(16-12-40)59(72)82-47-35-37(3)54(56-55(47)84-61(85-56)46(36-62)63-4)83-60(73)43-17-13-41(14-18-43)58(71)81-45-21-9-39(10-22-45)28-30-75-51(67)24-26-53(69)79-34-32-77-49(65)6-2;1-4-32(43)49-20-6-8-22-51-36(45)25-10-14-27(15-11-25)38(47)53-30-18-19-31(35-34(30)55-40(56-35)29(24-41)42-3)54-39(48)28-16-12-26(13-17-28)37(46)52-23-9-7-21-50-33(44)5-2/h5-10,19-22,35,40-43H,1-2,11-18,23-34H2,3H3;4-5,18-19,25-28H,1-2,6-17,20-23H2/b61-46+;. The predicted octanol–water partition coefficient (Wildman–Crippen LogP) is 15.7. The van der Waals surface area contributed by atoms with Gasteiger partial charge in [-0.2, -0.15) is 0 Å². The van der Waals surface area contributed by atoms with Crippen LogP contribution in [0.1, 0.15) is 171 Å². The number of thioether (sulfide) groups is 4. The largest absolute Gasteiger partial charge is 0.465 e. The molecule has 0 aromatic heterocycles. The summed E-state index contributed by atoms with van der Waals surface area (Å²) in [7, 11) is 0. The summed E-state index contributed by atoms with van der Waals surface area (Å²) in [5, 5.41) is 19.3. The second-order valence-electron chi connectivity index (χ2n) is 32.7. The minimum Gasteiger partial charge on any atom is -0.465 e. The molecular formula is C101H106N4O32S4. The van der Waals surface area contributed by atoms with Gasteiger partial charge >= 0.3 is 95.5 Å². The highest BCUT2D eigenvalue weighted by molar-refractivity contribution is 8.25. The number of nitriles is 2. The summed E-state index contributed by atoms with van der Waals surface area (Å²) in [5.41, 5.74) is 1.75. The lowest BCUT2D eigenvalue weighted by atomic mass is 9.82. The minimum absolute atomic E-state index is 0.0519. The third-order valence-corrected chi connectivity index (χ3v) is 28.1. The Morgan fingerprint density at radius 2 is 0.582 bits per heavy atom. The normalized spacial score (nSPS) is 18.3. The molecule has 0 spiro atoms. The summed E-state index contributed by atoms with van der Waals surface area (Å²) < 4.78 is 86.1. The first kappa shape index (κ1) is 111. The SMILES string of the molecule is [C-]#[N+]/C(C#N)=C1\Sc2c(OC(=O)C3CCC(C(=O)Oc4ccc(CCOC(=O)CCC(=O)OCCOC(=O)C=C)cc4)CC3)cc(C)c(OC(=O)C3CCC(C(=O)Oc4ccc(CCOC(=O)CCC(=O)OCCOC(=O)C=C)cc4)CC3)c2S1.[C-]#[N+]C(C#N)=C1Sc2c(OC(=O)C3CCC(C(=O)OCCCCOC(=O)C=C)CC3)ccc(OC(=O)C3CCC(C(=O)OCCCCOC(=O)C=C)CC3)c2S1. The zero-order valence-electron chi connectivity index (χ0n) is 77.5. The maximum absolute atomic E-state index is 13.8. The van der Waals surface area contributed by atoms with Crippen molar-refractivity contribution in [2.75, 3.05) is 66.1 Å². The van der Waals surface area contributed by atoms with Crippen molar-refractivity contribution in [1.29, 1.82) is 10.5 Å². The fourth-order valence-electron chi connectivity index (χ4n) is 15.1. The van der Waals surface area contributed by atoms with Gasteiger partial charge in [0.15, 0.2) is 0 Å². The fraction of sp³-hybridized carbons (Fsp3) is 0.446. The Bertz CT molecular complexity index is 5390. The van der Waals surface area contributed by atoms with Crippen LogP contribution < -0.4 is 28.4 Å². The predicted molar refractivity (Wildman–Crippen MR) is 503 cm³/mol. The molecule has 2 aliphatic heterocycles. The number of rotatable bonds is 46.